The average molecular weight is 280 g/mol. The van der Waals surface area contributed by atoms with Crippen LogP contribution in [-0.4, -0.2) is 20.7 Å². The molecular formula is C12H14ClN5O. The minimum atomic E-state index is -0.289. The fourth-order valence-corrected chi connectivity index (χ4v) is 1.81. The summed E-state index contributed by atoms with van der Waals surface area (Å²) in [6, 6.07) is 1.45. The third kappa shape index (κ3) is 2.85. The Morgan fingerprint density at radius 2 is 2.26 bits per heavy atom. The standard InChI is InChI=1S/C12H14ClN5O/c1-7-8(5-17-18(7)2)4-16-12(19)9-3-11(14)15-6-10(9)13/h3,5-6H,4H2,1-2H3,(H2,14,15)(H,16,19). The van der Waals surface area contributed by atoms with Crippen LogP contribution >= 0.6 is 11.6 Å². The van der Waals surface area contributed by atoms with Crippen molar-refractivity contribution in [2.45, 2.75) is 13.5 Å². The monoisotopic (exact) mass is 279 g/mol. The van der Waals surface area contributed by atoms with Gasteiger partial charge in [-0.05, 0) is 13.0 Å². The molecule has 0 aliphatic rings. The first-order chi connectivity index (χ1) is 8.99. The van der Waals surface area contributed by atoms with E-state index in [4.69, 9.17) is 17.3 Å². The van der Waals surface area contributed by atoms with Gasteiger partial charge in [-0.3, -0.25) is 9.48 Å². The highest BCUT2D eigenvalue weighted by Crippen LogP contribution is 2.16. The molecule has 100 valence electrons. The maximum atomic E-state index is 12.0. The van der Waals surface area contributed by atoms with Crippen LogP contribution in [0.5, 0.6) is 0 Å². The Bertz CT molecular complexity index is 623. The molecule has 0 radical (unpaired) electrons. The number of carbonyl (C=O) groups excluding carboxylic acids is 1. The number of hydrogen-bond acceptors (Lipinski definition) is 4. The Morgan fingerprint density at radius 1 is 1.53 bits per heavy atom. The smallest absolute Gasteiger partial charge is 0.253 e. The van der Waals surface area contributed by atoms with Crippen molar-refractivity contribution in [1.29, 1.82) is 0 Å². The first-order valence-electron chi connectivity index (χ1n) is 5.65. The van der Waals surface area contributed by atoms with Gasteiger partial charge in [-0.1, -0.05) is 11.6 Å². The second kappa shape index (κ2) is 5.27. The van der Waals surface area contributed by atoms with Gasteiger partial charge in [0.2, 0.25) is 0 Å². The first-order valence-corrected chi connectivity index (χ1v) is 6.03. The van der Waals surface area contributed by atoms with Crippen LogP contribution in [0, 0.1) is 6.92 Å². The highest BCUT2D eigenvalue weighted by atomic mass is 35.5. The molecule has 2 rings (SSSR count). The van der Waals surface area contributed by atoms with E-state index in [2.05, 4.69) is 15.4 Å². The lowest BCUT2D eigenvalue weighted by atomic mass is 10.2. The van der Waals surface area contributed by atoms with Crippen molar-refractivity contribution in [3.8, 4) is 0 Å². The van der Waals surface area contributed by atoms with Crippen LogP contribution in [0.2, 0.25) is 5.02 Å². The van der Waals surface area contributed by atoms with Crippen molar-refractivity contribution in [3.63, 3.8) is 0 Å². The topological polar surface area (TPSA) is 85.8 Å². The number of halogens is 1. The van der Waals surface area contributed by atoms with Crippen LogP contribution in [0.25, 0.3) is 0 Å². The summed E-state index contributed by atoms with van der Waals surface area (Å²) in [6.45, 7) is 2.32. The van der Waals surface area contributed by atoms with Crippen LogP contribution in [0.4, 0.5) is 5.82 Å². The van der Waals surface area contributed by atoms with Crippen LogP contribution in [0.3, 0.4) is 0 Å². The summed E-state index contributed by atoms with van der Waals surface area (Å²) in [7, 11) is 1.85. The lowest BCUT2D eigenvalue weighted by Crippen LogP contribution is -2.23. The van der Waals surface area contributed by atoms with Crippen molar-refractivity contribution in [2.24, 2.45) is 7.05 Å². The van der Waals surface area contributed by atoms with Crippen molar-refractivity contribution in [2.75, 3.05) is 5.73 Å². The molecule has 6 nitrogen and oxygen atoms in total. The van der Waals surface area contributed by atoms with Gasteiger partial charge in [0.25, 0.3) is 5.91 Å². The Balaban J connectivity index is 2.09. The molecule has 2 aromatic rings. The van der Waals surface area contributed by atoms with Gasteiger partial charge in [0.15, 0.2) is 0 Å². The number of anilines is 1. The van der Waals surface area contributed by atoms with Crippen LogP contribution in [0.1, 0.15) is 21.6 Å². The number of nitrogens with two attached hydrogens (primary N) is 1. The highest BCUT2D eigenvalue weighted by Gasteiger charge is 2.12. The van der Waals surface area contributed by atoms with Crippen molar-refractivity contribution in [1.82, 2.24) is 20.1 Å². The molecule has 2 heterocycles. The van der Waals surface area contributed by atoms with E-state index >= 15 is 0 Å². The van der Waals surface area contributed by atoms with E-state index in [-0.39, 0.29) is 16.7 Å². The molecule has 0 unspecified atom stereocenters. The lowest BCUT2D eigenvalue weighted by Gasteiger charge is -2.07. The molecule has 0 aliphatic carbocycles. The predicted molar refractivity (Wildman–Crippen MR) is 72.8 cm³/mol. The molecule has 0 bridgehead atoms. The Kier molecular flexibility index (Phi) is 3.71. The number of nitrogens with zero attached hydrogens (tertiary/aromatic N) is 3. The van der Waals surface area contributed by atoms with Crippen molar-refractivity contribution < 1.29 is 4.79 Å². The number of carbonyl (C=O) groups is 1. The first kappa shape index (κ1) is 13.4. The summed E-state index contributed by atoms with van der Waals surface area (Å²) in [6.07, 6.45) is 3.08. The van der Waals surface area contributed by atoms with Gasteiger partial charge in [0, 0.05) is 31.0 Å². The molecule has 7 heteroatoms. The van der Waals surface area contributed by atoms with Gasteiger partial charge in [-0.2, -0.15) is 5.10 Å². The highest BCUT2D eigenvalue weighted by molar-refractivity contribution is 6.33. The molecule has 0 spiro atoms. The fourth-order valence-electron chi connectivity index (χ4n) is 1.62. The molecule has 0 fully saturated rings. The Labute approximate surface area is 115 Å². The SMILES string of the molecule is Cc1c(CNC(=O)c2cc(N)ncc2Cl)cnn1C. The summed E-state index contributed by atoms with van der Waals surface area (Å²) >= 11 is 5.91. The number of nitrogen functional groups attached to an aromatic ring is 1. The van der Waals surface area contributed by atoms with E-state index in [1.165, 1.54) is 12.3 Å². The molecule has 1 amide bonds. The van der Waals surface area contributed by atoms with Gasteiger partial charge in [-0.25, -0.2) is 4.98 Å². The molecule has 0 saturated heterocycles. The number of nitrogens with one attached hydrogen (secondary N) is 1. The van der Waals surface area contributed by atoms with Crippen molar-refractivity contribution >= 4 is 23.3 Å². The molecule has 0 saturated carbocycles. The Morgan fingerprint density at radius 3 is 2.89 bits per heavy atom. The van der Waals surface area contributed by atoms with Gasteiger partial charge >= 0.3 is 0 Å². The summed E-state index contributed by atoms with van der Waals surface area (Å²) in [4.78, 5) is 15.8. The fraction of sp³-hybridized carbons (Fsp3) is 0.250. The maximum Gasteiger partial charge on any atom is 0.253 e. The Hall–Kier alpha value is -2.08. The van der Waals surface area contributed by atoms with Crippen LogP contribution in [-0.2, 0) is 13.6 Å². The third-order valence-corrected chi connectivity index (χ3v) is 3.20. The number of aromatic nitrogens is 3. The lowest BCUT2D eigenvalue weighted by molar-refractivity contribution is 0.0951. The average Bonchev–Trinajstić information content (AvgIpc) is 2.70. The predicted octanol–water partition coefficient (Wildman–Crippen LogP) is 1.29. The number of amides is 1. The normalized spacial score (nSPS) is 10.5. The second-order valence-electron chi connectivity index (χ2n) is 4.15. The quantitative estimate of drug-likeness (QED) is 0.886. The molecular weight excluding hydrogens is 266 g/mol. The minimum Gasteiger partial charge on any atom is -0.384 e. The molecule has 19 heavy (non-hydrogen) atoms. The van der Waals surface area contributed by atoms with E-state index in [0.717, 1.165) is 11.3 Å². The number of aryl methyl sites for hydroxylation is 1. The summed E-state index contributed by atoms with van der Waals surface area (Å²) < 4.78 is 1.75. The van der Waals surface area contributed by atoms with Crippen LogP contribution < -0.4 is 11.1 Å². The molecule has 0 atom stereocenters. The summed E-state index contributed by atoms with van der Waals surface area (Å²) in [5, 5.41) is 7.16. The minimum absolute atomic E-state index is 0.257. The zero-order chi connectivity index (χ0) is 14.0. The summed E-state index contributed by atoms with van der Waals surface area (Å²) in [5.41, 5.74) is 7.81. The second-order valence-corrected chi connectivity index (χ2v) is 4.56. The van der Waals surface area contributed by atoms with E-state index in [0.29, 0.717) is 12.1 Å². The molecule has 2 aromatic heterocycles. The molecule has 0 aliphatic heterocycles. The van der Waals surface area contributed by atoms with Crippen LogP contribution in [0.15, 0.2) is 18.5 Å². The van der Waals surface area contributed by atoms with E-state index in [1.807, 2.05) is 14.0 Å². The van der Waals surface area contributed by atoms with Crippen molar-refractivity contribution in [3.05, 3.63) is 40.3 Å². The zero-order valence-electron chi connectivity index (χ0n) is 10.6. The van der Waals surface area contributed by atoms with E-state index in [1.54, 1.807) is 10.9 Å². The third-order valence-electron chi connectivity index (χ3n) is 2.90. The maximum absolute atomic E-state index is 12.0. The zero-order valence-corrected chi connectivity index (χ0v) is 11.4. The van der Waals surface area contributed by atoms with E-state index < -0.39 is 0 Å². The molecule has 0 aromatic carbocycles. The summed E-state index contributed by atoms with van der Waals surface area (Å²) in [5.74, 6) is -0.0329. The number of pyridine rings is 1. The largest absolute Gasteiger partial charge is 0.384 e. The van der Waals surface area contributed by atoms with Gasteiger partial charge in [0.05, 0.1) is 16.8 Å². The number of hydrogen-bond donors (Lipinski definition) is 2. The van der Waals surface area contributed by atoms with E-state index in [9.17, 15) is 4.79 Å². The van der Waals surface area contributed by atoms with Gasteiger partial charge in [-0.15, -0.1) is 0 Å². The van der Waals surface area contributed by atoms with Gasteiger partial charge < -0.3 is 11.1 Å². The number of rotatable bonds is 3. The van der Waals surface area contributed by atoms with Gasteiger partial charge in [0.1, 0.15) is 5.82 Å². The molecule has 3 N–H and O–H groups in total.